The number of aromatic nitrogens is 5. The van der Waals surface area contributed by atoms with E-state index in [0.29, 0.717) is 19.0 Å². The number of hydrogen-bond donors (Lipinski definition) is 1. The van der Waals surface area contributed by atoms with Gasteiger partial charge in [-0.15, -0.1) is 0 Å². The van der Waals surface area contributed by atoms with E-state index in [9.17, 15) is 0 Å². The Kier molecular flexibility index (Phi) is 5.36. The molecule has 2 aliphatic heterocycles. The third-order valence-electron chi connectivity index (χ3n) is 5.52. The van der Waals surface area contributed by atoms with Gasteiger partial charge in [-0.3, -0.25) is 10.00 Å². The lowest BCUT2D eigenvalue weighted by molar-refractivity contribution is 0.0443. The van der Waals surface area contributed by atoms with Crippen LogP contribution in [0.25, 0.3) is 16.9 Å². The number of hydrogen-bond acceptors (Lipinski definition) is 7. The van der Waals surface area contributed by atoms with Gasteiger partial charge < -0.3 is 14.4 Å². The Morgan fingerprint density at radius 1 is 1.17 bits per heavy atom. The van der Waals surface area contributed by atoms with Crippen molar-refractivity contribution in [1.29, 1.82) is 0 Å². The van der Waals surface area contributed by atoms with Crippen molar-refractivity contribution in [1.82, 2.24) is 29.9 Å². The van der Waals surface area contributed by atoms with Gasteiger partial charge in [-0.05, 0) is 13.0 Å². The lowest BCUT2D eigenvalue weighted by Gasteiger charge is -2.34. The van der Waals surface area contributed by atoms with E-state index in [-0.39, 0.29) is 6.04 Å². The van der Waals surface area contributed by atoms with E-state index < -0.39 is 0 Å². The summed E-state index contributed by atoms with van der Waals surface area (Å²) in [6, 6.07) is 4.20. The van der Waals surface area contributed by atoms with Crippen LogP contribution in [0.3, 0.4) is 0 Å². The van der Waals surface area contributed by atoms with E-state index in [4.69, 9.17) is 14.5 Å². The Morgan fingerprint density at radius 3 is 2.83 bits per heavy atom. The molecule has 3 aromatic rings. The van der Waals surface area contributed by atoms with Crippen LogP contribution in [0.5, 0.6) is 0 Å². The van der Waals surface area contributed by atoms with Crippen molar-refractivity contribution in [3.8, 4) is 17.7 Å². The Morgan fingerprint density at radius 2 is 2.03 bits per heavy atom. The van der Waals surface area contributed by atoms with Crippen molar-refractivity contribution in [2.45, 2.75) is 13.0 Å². The Balaban J connectivity index is 1.54. The lowest BCUT2D eigenvalue weighted by Crippen LogP contribution is -2.44. The third kappa shape index (κ3) is 3.77. The Bertz CT molecular complexity index is 1060. The second-order valence-corrected chi connectivity index (χ2v) is 7.56. The summed E-state index contributed by atoms with van der Waals surface area (Å²) in [7, 11) is 0. The van der Waals surface area contributed by atoms with Crippen LogP contribution in [-0.4, -0.2) is 88.5 Å². The molecule has 0 spiro atoms. The average Bonchev–Trinajstić information content (AvgIpc) is 3.44. The number of rotatable bonds is 3. The van der Waals surface area contributed by atoms with Crippen LogP contribution in [0, 0.1) is 11.8 Å². The largest absolute Gasteiger partial charge is 0.379 e. The summed E-state index contributed by atoms with van der Waals surface area (Å²) in [6.07, 6.45) is 3.60. The van der Waals surface area contributed by atoms with Crippen LogP contribution in [0.15, 0.2) is 24.5 Å². The average molecular weight is 407 g/mol. The molecule has 0 unspecified atom stereocenters. The van der Waals surface area contributed by atoms with Crippen LogP contribution >= 0.6 is 0 Å². The maximum Gasteiger partial charge on any atom is 0.177 e. The lowest BCUT2D eigenvalue weighted by atomic mass is 10.1. The highest BCUT2D eigenvalue weighted by atomic mass is 16.5. The second-order valence-electron chi connectivity index (χ2n) is 7.56. The van der Waals surface area contributed by atoms with Gasteiger partial charge in [0.15, 0.2) is 11.5 Å². The quantitative estimate of drug-likeness (QED) is 0.650. The van der Waals surface area contributed by atoms with Gasteiger partial charge >= 0.3 is 0 Å². The van der Waals surface area contributed by atoms with E-state index in [1.54, 1.807) is 10.9 Å². The first kappa shape index (κ1) is 19.1. The first-order valence-electron chi connectivity index (χ1n) is 10.3. The SMILES string of the molecule is C[C@@H]1COCCN1c1cc(C#CCN2CCOCC2)c2cnn(-c3cc[nH]n3)c2n1. The first-order chi connectivity index (χ1) is 14.8. The molecule has 5 heterocycles. The minimum absolute atomic E-state index is 0.250. The van der Waals surface area contributed by atoms with Crippen LogP contribution < -0.4 is 4.90 Å². The number of aromatic amines is 1. The topological polar surface area (TPSA) is 84.3 Å². The summed E-state index contributed by atoms with van der Waals surface area (Å²) in [5.41, 5.74) is 1.69. The molecule has 1 N–H and O–H groups in total. The molecule has 0 aliphatic carbocycles. The van der Waals surface area contributed by atoms with Gasteiger partial charge in [0.1, 0.15) is 5.82 Å². The predicted octanol–water partition coefficient (Wildman–Crippen LogP) is 1.05. The van der Waals surface area contributed by atoms with Gasteiger partial charge in [0.25, 0.3) is 0 Å². The molecule has 0 aromatic carbocycles. The monoisotopic (exact) mass is 407 g/mol. The molecule has 2 saturated heterocycles. The molecule has 156 valence electrons. The molecule has 0 saturated carbocycles. The van der Waals surface area contributed by atoms with Crippen LogP contribution in [0.1, 0.15) is 12.5 Å². The molecule has 1 atom stereocenters. The zero-order valence-electron chi connectivity index (χ0n) is 17.0. The zero-order chi connectivity index (χ0) is 20.3. The van der Waals surface area contributed by atoms with Crippen molar-refractivity contribution in [2.24, 2.45) is 0 Å². The predicted molar refractivity (Wildman–Crippen MR) is 113 cm³/mol. The van der Waals surface area contributed by atoms with Gasteiger partial charge in [0.2, 0.25) is 0 Å². The highest BCUT2D eigenvalue weighted by Gasteiger charge is 2.22. The molecule has 30 heavy (non-hydrogen) atoms. The van der Waals surface area contributed by atoms with Crippen LogP contribution in [0.4, 0.5) is 5.82 Å². The fourth-order valence-corrected chi connectivity index (χ4v) is 3.85. The summed E-state index contributed by atoms with van der Waals surface area (Å²) in [5.74, 6) is 8.32. The van der Waals surface area contributed by atoms with Gasteiger partial charge in [-0.25, -0.2) is 4.98 Å². The number of anilines is 1. The molecule has 0 radical (unpaired) electrons. The highest BCUT2D eigenvalue weighted by molar-refractivity contribution is 5.85. The summed E-state index contributed by atoms with van der Waals surface area (Å²) >= 11 is 0. The third-order valence-corrected chi connectivity index (χ3v) is 5.52. The highest BCUT2D eigenvalue weighted by Crippen LogP contribution is 2.26. The normalized spacial score (nSPS) is 20.3. The van der Waals surface area contributed by atoms with Crippen LogP contribution in [0.2, 0.25) is 0 Å². The van der Waals surface area contributed by atoms with E-state index in [2.05, 4.69) is 49.9 Å². The van der Waals surface area contributed by atoms with Gasteiger partial charge in [0.05, 0.1) is 50.6 Å². The maximum atomic E-state index is 5.61. The molecule has 3 aromatic heterocycles. The van der Waals surface area contributed by atoms with Crippen molar-refractivity contribution in [3.05, 3.63) is 30.1 Å². The van der Waals surface area contributed by atoms with Crippen molar-refractivity contribution >= 4 is 16.9 Å². The molecule has 0 bridgehead atoms. The van der Waals surface area contributed by atoms with Crippen LogP contribution in [-0.2, 0) is 9.47 Å². The standard InChI is InChI=1S/C21H25N7O2/c1-16-15-30-12-9-27(16)20-13-17(3-2-6-26-7-10-29-11-8-26)18-14-23-28(21(18)24-20)19-4-5-22-25-19/h4-5,13-14,16H,6-12,15H2,1H3,(H,22,25)/t16-/m1/s1. The van der Waals surface area contributed by atoms with E-state index in [1.165, 1.54) is 0 Å². The number of ether oxygens (including phenoxy) is 2. The molecule has 9 heteroatoms. The molecule has 2 aliphatic rings. The Hall–Kier alpha value is -2.93. The maximum absolute atomic E-state index is 5.61. The van der Waals surface area contributed by atoms with Gasteiger partial charge in [-0.2, -0.15) is 14.9 Å². The number of fused-ring (bicyclic) bond motifs is 1. The number of nitrogens with zero attached hydrogens (tertiary/aromatic N) is 6. The van der Waals surface area contributed by atoms with E-state index >= 15 is 0 Å². The minimum atomic E-state index is 0.250. The summed E-state index contributed by atoms with van der Waals surface area (Å²) in [5, 5.41) is 12.6. The smallest absolute Gasteiger partial charge is 0.177 e. The fourth-order valence-electron chi connectivity index (χ4n) is 3.85. The minimum Gasteiger partial charge on any atom is -0.379 e. The zero-order valence-corrected chi connectivity index (χ0v) is 17.0. The van der Waals surface area contributed by atoms with Crippen molar-refractivity contribution in [2.75, 3.05) is 57.5 Å². The van der Waals surface area contributed by atoms with E-state index in [1.807, 2.05) is 12.3 Å². The number of pyridine rings is 1. The molecule has 9 nitrogen and oxygen atoms in total. The van der Waals surface area contributed by atoms with Gasteiger partial charge in [0, 0.05) is 37.5 Å². The molecule has 5 rings (SSSR count). The Labute approximate surface area is 175 Å². The summed E-state index contributed by atoms with van der Waals surface area (Å²) in [6.45, 7) is 8.47. The second kappa shape index (κ2) is 8.44. The van der Waals surface area contributed by atoms with E-state index in [0.717, 1.165) is 61.8 Å². The number of nitrogens with one attached hydrogen (secondary N) is 1. The number of H-pyrrole nitrogens is 1. The fraction of sp³-hybridized carbons (Fsp3) is 0.476. The summed E-state index contributed by atoms with van der Waals surface area (Å²) in [4.78, 5) is 9.53. The molecular formula is C21H25N7O2. The van der Waals surface area contributed by atoms with Crippen molar-refractivity contribution in [3.63, 3.8) is 0 Å². The first-order valence-corrected chi connectivity index (χ1v) is 10.3. The summed E-state index contributed by atoms with van der Waals surface area (Å²) < 4.78 is 12.8. The molecule has 2 fully saturated rings. The van der Waals surface area contributed by atoms with Crippen molar-refractivity contribution < 1.29 is 9.47 Å². The number of morpholine rings is 2. The molecular weight excluding hydrogens is 382 g/mol. The van der Waals surface area contributed by atoms with Gasteiger partial charge in [-0.1, -0.05) is 11.8 Å². The molecule has 0 amide bonds.